The second-order valence-electron chi connectivity index (χ2n) is 8.09. The van der Waals surface area contributed by atoms with Crippen molar-refractivity contribution in [1.29, 1.82) is 0 Å². The second-order valence-corrected chi connectivity index (χ2v) is 8.09. The van der Waals surface area contributed by atoms with Crippen LogP contribution in [0.5, 0.6) is 5.75 Å². The maximum atomic E-state index is 11.9. The highest BCUT2D eigenvalue weighted by Crippen LogP contribution is 2.30. The second kappa shape index (κ2) is 8.86. The summed E-state index contributed by atoms with van der Waals surface area (Å²) in [6.45, 7) is 10.0. The van der Waals surface area contributed by atoms with E-state index >= 15 is 0 Å². The standard InChI is InChI=1S/C22H30N4O3/c1-17(2)28-20-7-4-3-6-19(20)25-12-10-24(11-13-25)16-21-18(14-23-29-21)15-26-9-5-8-22(26)27/h3-4,6-7,14,17H,5,8-13,15-16H2,1-2H3. The topological polar surface area (TPSA) is 62.1 Å². The Morgan fingerprint density at radius 2 is 1.90 bits per heavy atom. The lowest BCUT2D eigenvalue weighted by Crippen LogP contribution is -2.46. The molecule has 0 bridgehead atoms. The molecule has 156 valence electrons. The Balaban J connectivity index is 1.34. The zero-order valence-corrected chi connectivity index (χ0v) is 17.3. The molecule has 0 aliphatic carbocycles. The number of nitrogens with zero attached hydrogens (tertiary/aromatic N) is 4. The van der Waals surface area contributed by atoms with Crippen LogP contribution < -0.4 is 9.64 Å². The minimum atomic E-state index is 0.157. The number of aromatic nitrogens is 1. The van der Waals surface area contributed by atoms with E-state index in [2.05, 4.69) is 40.9 Å². The number of ether oxygens (including phenoxy) is 1. The van der Waals surface area contributed by atoms with Crippen molar-refractivity contribution in [2.75, 3.05) is 37.6 Å². The van der Waals surface area contributed by atoms with Crippen LogP contribution in [0.15, 0.2) is 35.0 Å². The Morgan fingerprint density at radius 3 is 2.62 bits per heavy atom. The van der Waals surface area contributed by atoms with Crippen LogP contribution in [0.25, 0.3) is 0 Å². The van der Waals surface area contributed by atoms with Crippen molar-refractivity contribution in [3.63, 3.8) is 0 Å². The molecule has 7 nitrogen and oxygen atoms in total. The molecule has 0 N–H and O–H groups in total. The maximum absolute atomic E-state index is 11.9. The zero-order valence-electron chi connectivity index (χ0n) is 17.3. The summed E-state index contributed by atoms with van der Waals surface area (Å²) in [6.07, 6.45) is 3.52. The van der Waals surface area contributed by atoms with Gasteiger partial charge in [0.15, 0.2) is 5.76 Å². The van der Waals surface area contributed by atoms with Gasteiger partial charge in [-0.25, -0.2) is 0 Å². The van der Waals surface area contributed by atoms with Crippen molar-refractivity contribution in [3.8, 4) is 5.75 Å². The highest BCUT2D eigenvalue weighted by Gasteiger charge is 2.25. The van der Waals surface area contributed by atoms with Gasteiger partial charge in [-0.05, 0) is 32.4 Å². The number of hydrogen-bond donors (Lipinski definition) is 0. The Labute approximate surface area is 172 Å². The normalized spacial score (nSPS) is 18.1. The first kappa shape index (κ1) is 19.8. The number of hydrogen-bond acceptors (Lipinski definition) is 6. The van der Waals surface area contributed by atoms with E-state index in [-0.39, 0.29) is 12.0 Å². The van der Waals surface area contributed by atoms with Crippen molar-refractivity contribution in [1.82, 2.24) is 15.0 Å². The smallest absolute Gasteiger partial charge is 0.222 e. The summed E-state index contributed by atoms with van der Waals surface area (Å²) in [5.41, 5.74) is 2.19. The highest BCUT2D eigenvalue weighted by atomic mass is 16.5. The number of piperazine rings is 1. The minimum absolute atomic E-state index is 0.157. The summed E-state index contributed by atoms with van der Waals surface area (Å²) in [7, 11) is 0. The molecule has 0 atom stereocenters. The molecule has 1 aromatic carbocycles. The first-order chi connectivity index (χ1) is 14.1. The number of rotatable bonds is 7. The van der Waals surface area contributed by atoms with Crippen molar-refractivity contribution in [2.24, 2.45) is 0 Å². The molecule has 0 radical (unpaired) electrons. The monoisotopic (exact) mass is 398 g/mol. The molecule has 3 heterocycles. The number of carbonyl (C=O) groups excluding carboxylic acids is 1. The van der Waals surface area contributed by atoms with Crippen LogP contribution in [0.1, 0.15) is 38.0 Å². The van der Waals surface area contributed by atoms with Crippen LogP contribution in [-0.2, 0) is 17.9 Å². The molecular formula is C22H30N4O3. The number of benzene rings is 1. The number of amides is 1. The quantitative estimate of drug-likeness (QED) is 0.715. The lowest BCUT2D eigenvalue weighted by molar-refractivity contribution is -0.128. The van der Waals surface area contributed by atoms with Crippen molar-refractivity contribution in [2.45, 2.75) is 45.9 Å². The Hall–Kier alpha value is -2.54. The number of likely N-dealkylation sites (tertiary alicyclic amines) is 1. The van der Waals surface area contributed by atoms with E-state index in [4.69, 9.17) is 9.26 Å². The highest BCUT2D eigenvalue weighted by molar-refractivity contribution is 5.78. The van der Waals surface area contributed by atoms with E-state index in [1.54, 1.807) is 6.20 Å². The summed E-state index contributed by atoms with van der Waals surface area (Å²) in [5, 5.41) is 3.99. The van der Waals surface area contributed by atoms with Crippen molar-refractivity contribution >= 4 is 11.6 Å². The van der Waals surface area contributed by atoms with Crippen molar-refractivity contribution < 1.29 is 14.1 Å². The SMILES string of the molecule is CC(C)Oc1ccccc1N1CCN(Cc2oncc2CN2CCCC2=O)CC1. The molecule has 7 heteroatoms. The molecule has 2 fully saturated rings. The lowest BCUT2D eigenvalue weighted by atomic mass is 10.2. The fourth-order valence-corrected chi connectivity index (χ4v) is 4.04. The predicted molar refractivity (Wildman–Crippen MR) is 111 cm³/mol. The lowest BCUT2D eigenvalue weighted by Gasteiger charge is -2.36. The van der Waals surface area contributed by atoms with E-state index < -0.39 is 0 Å². The van der Waals surface area contributed by atoms with Gasteiger partial charge in [0.25, 0.3) is 0 Å². The van der Waals surface area contributed by atoms with Gasteiger partial charge in [0.2, 0.25) is 5.91 Å². The van der Waals surface area contributed by atoms with Gasteiger partial charge < -0.3 is 19.1 Å². The number of anilines is 1. The molecule has 0 saturated carbocycles. The van der Waals surface area contributed by atoms with E-state index in [0.717, 1.165) is 68.4 Å². The largest absolute Gasteiger partial charge is 0.489 e. The molecule has 2 saturated heterocycles. The molecule has 2 aliphatic heterocycles. The molecule has 0 unspecified atom stereocenters. The van der Waals surface area contributed by atoms with Gasteiger partial charge in [-0.3, -0.25) is 9.69 Å². The Bertz CT molecular complexity index is 827. The average Bonchev–Trinajstić information content (AvgIpc) is 3.32. The van der Waals surface area contributed by atoms with E-state index in [9.17, 15) is 4.79 Å². The molecule has 0 spiro atoms. The summed E-state index contributed by atoms with van der Waals surface area (Å²) in [6, 6.07) is 8.26. The summed E-state index contributed by atoms with van der Waals surface area (Å²) in [4.78, 5) is 18.6. The minimum Gasteiger partial charge on any atom is -0.489 e. The third-order valence-corrected chi connectivity index (χ3v) is 5.57. The van der Waals surface area contributed by atoms with Crippen LogP contribution in [0, 0.1) is 0 Å². The molecule has 4 rings (SSSR count). The number of carbonyl (C=O) groups is 1. The van der Waals surface area contributed by atoms with Gasteiger partial charge >= 0.3 is 0 Å². The van der Waals surface area contributed by atoms with Crippen molar-refractivity contribution in [3.05, 3.63) is 41.8 Å². The molecule has 1 aromatic heterocycles. The van der Waals surface area contributed by atoms with Gasteiger partial charge in [-0.15, -0.1) is 0 Å². The molecule has 1 amide bonds. The predicted octanol–water partition coefficient (Wildman–Crippen LogP) is 2.91. The molecule has 2 aliphatic rings. The third kappa shape index (κ3) is 4.72. The first-order valence-corrected chi connectivity index (χ1v) is 10.5. The van der Waals surface area contributed by atoms with Gasteiger partial charge in [0, 0.05) is 44.7 Å². The Kier molecular flexibility index (Phi) is 6.04. The molecular weight excluding hydrogens is 368 g/mol. The van der Waals surface area contributed by atoms with Crippen LogP contribution >= 0.6 is 0 Å². The maximum Gasteiger partial charge on any atom is 0.222 e. The van der Waals surface area contributed by atoms with Gasteiger partial charge in [0.05, 0.1) is 31.1 Å². The van der Waals surface area contributed by atoms with E-state index in [0.29, 0.717) is 13.0 Å². The fraction of sp³-hybridized carbons (Fsp3) is 0.545. The number of para-hydroxylation sites is 2. The van der Waals surface area contributed by atoms with Crippen LogP contribution in [-0.4, -0.2) is 59.7 Å². The summed E-state index contributed by atoms with van der Waals surface area (Å²) < 4.78 is 11.5. The van der Waals surface area contributed by atoms with Crippen LogP contribution in [0.4, 0.5) is 5.69 Å². The van der Waals surface area contributed by atoms with E-state index in [1.807, 2.05) is 17.0 Å². The zero-order chi connectivity index (χ0) is 20.2. The van der Waals surface area contributed by atoms with Crippen LogP contribution in [0.3, 0.4) is 0 Å². The molecule has 29 heavy (non-hydrogen) atoms. The van der Waals surface area contributed by atoms with E-state index in [1.165, 1.54) is 0 Å². The van der Waals surface area contributed by atoms with Crippen LogP contribution in [0.2, 0.25) is 0 Å². The van der Waals surface area contributed by atoms with Gasteiger partial charge in [-0.2, -0.15) is 0 Å². The third-order valence-electron chi connectivity index (χ3n) is 5.57. The summed E-state index contributed by atoms with van der Waals surface area (Å²) >= 11 is 0. The van der Waals surface area contributed by atoms with Gasteiger partial charge in [-0.1, -0.05) is 17.3 Å². The first-order valence-electron chi connectivity index (χ1n) is 10.5. The average molecular weight is 399 g/mol. The van der Waals surface area contributed by atoms with Gasteiger partial charge in [0.1, 0.15) is 5.75 Å². The fourth-order valence-electron chi connectivity index (χ4n) is 4.04. The summed E-state index contributed by atoms with van der Waals surface area (Å²) in [5.74, 6) is 2.05. The molecule has 2 aromatic rings. The Morgan fingerprint density at radius 1 is 1.10 bits per heavy atom.